The number of thiol groups is 1. The van der Waals surface area contributed by atoms with E-state index in [0.29, 0.717) is 45.1 Å². The molecule has 0 aliphatic carbocycles. The quantitative estimate of drug-likeness (QED) is 0.0430. The average Bonchev–Trinajstić information content (AvgIpc) is 2.96. The second-order valence-electron chi connectivity index (χ2n) is 11.3. The van der Waals surface area contributed by atoms with E-state index in [0.717, 1.165) is 52.0 Å². The molecule has 0 spiro atoms. The maximum absolute atomic E-state index is 13.5. The lowest BCUT2D eigenvalue weighted by Gasteiger charge is -2.33. The first-order chi connectivity index (χ1) is 21.0. The van der Waals surface area contributed by atoms with Crippen LogP contribution >= 0.6 is 12.6 Å². The van der Waals surface area contributed by atoms with Crippen LogP contribution in [0, 0.1) is 0 Å². The van der Waals surface area contributed by atoms with Crippen LogP contribution in [0.2, 0.25) is 0 Å². The van der Waals surface area contributed by atoms with Crippen LogP contribution < -0.4 is 27.0 Å². The van der Waals surface area contributed by atoms with Crippen molar-refractivity contribution in [3.63, 3.8) is 0 Å². The number of unbranched alkanes of at least 4 members (excludes halogenated alkanes) is 8. The first-order valence-electron chi connectivity index (χ1n) is 15.9. The van der Waals surface area contributed by atoms with Crippen LogP contribution in [-0.4, -0.2) is 86.8 Å². The van der Waals surface area contributed by atoms with Crippen molar-refractivity contribution in [1.82, 2.24) is 10.6 Å². The van der Waals surface area contributed by atoms with Crippen LogP contribution in [0.25, 0.3) is 0 Å². The summed E-state index contributed by atoms with van der Waals surface area (Å²) in [5.74, 6) is -19.4. The largest absolute Gasteiger partial charge is 0.460 e. The maximum Gasteiger partial charge on any atom is 0.460 e. The fraction of sp³-hybridized carbons (Fsp3) is 0.929. The molecule has 45 heavy (non-hydrogen) atoms. The monoisotopic (exact) mass is 694 g/mol. The minimum atomic E-state index is -6.84. The van der Waals surface area contributed by atoms with Crippen LogP contribution in [-0.2, 0) is 9.59 Å². The van der Waals surface area contributed by atoms with Gasteiger partial charge >= 0.3 is 23.9 Å². The number of amides is 2. The Balaban J connectivity index is 3.93. The van der Waals surface area contributed by atoms with Gasteiger partial charge in [0.25, 0.3) is 0 Å². The molecule has 0 saturated carbocycles. The van der Waals surface area contributed by atoms with Crippen LogP contribution in [0.3, 0.4) is 0 Å². The van der Waals surface area contributed by atoms with Crippen molar-refractivity contribution in [3.8, 4) is 0 Å². The number of nitrogens with one attached hydrogen (secondary N) is 2. The molecule has 0 aromatic heterocycles. The fourth-order valence-electron chi connectivity index (χ4n) is 4.45. The molecule has 0 aromatic rings. The maximum atomic E-state index is 13.5. The fourth-order valence-corrected chi connectivity index (χ4v) is 4.71. The zero-order valence-electron chi connectivity index (χ0n) is 26.0. The first-order valence-corrected chi connectivity index (χ1v) is 16.5. The average molecular weight is 695 g/mol. The van der Waals surface area contributed by atoms with E-state index in [1.54, 1.807) is 0 Å². The number of hydrogen-bond acceptors (Lipinski definition) is 3. The highest BCUT2D eigenvalue weighted by molar-refractivity contribution is 7.80. The van der Waals surface area contributed by atoms with Gasteiger partial charge in [0.1, 0.15) is 6.04 Å². The van der Waals surface area contributed by atoms with Gasteiger partial charge in [0.05, 0.1) is 32.7 Å². The smallest absolute Gasteiger partial charge is 0.357 e. The molecular weight excluding hydrogens is 641 g/mol. The Bertz CT molecular complexity index is 809. The van der Waals surface area contributed by atoms with Gasteiger partial charge in [-0.2, -0.15) is 52.1 Å². The Labute approximate surface area is 265 Å². The predicted molar refractivity (Wildman–Crippen MR) is 155 cm³/mol. The second-order valence-corrected chi connectivity index (χ2v) is 11.6. The SMILES string of the molecule is [NH3+]CCC[NH2+]CCCC[NH2+]CCCNC(=O)[C@H](CS)NC(=O)CCCCCCCCCCC(F)(F)C(F)(F)C(F)(F)C(F)(F)F. The summed E-state index contributed by atoms with van der Waals surface area (Å²) in [6.07, 6.45) is -1.48. The van der Waals surface area contributed by atoms with E-state index >= 15 is 0 Å². The molecule has 0 aliphatic heterocycles. The molecule has 0 unspecified atom stereocenters. The number of rotatable bonds is 28. The summed E-state index contributed by atoms with van der Waals surface area (Å²) in [4.78, 5) is 24.6. The molecule has 0 saturated heterocycles. The molecule has 0 radical (unpaired) electrons. The van der Waals surface area contributed by atoms with Gasteiger partial charge in [-0.3, -0.25) is 9.59 Å². The lowest BCUT2D eigenvalue weighted by Crippen LogP contribution is -2.86. The molecule has 17 heteroatoms. The molecule has 0 heterocycles. The zero-order chi connectivity index (χ0) is 34.4. The van der Waals surface area contributed by atoms with Gasteiger partial charge < -0.3 is 27.0 Å². The molecule has 268 valence electrons. The first kappa shape index (κ1) is 43.5. The lowest BCUT2D eigenvalue weighted by molar-refractivity contribution is -0.665. The van der Waals surface area contributed by atoms with Crippen LogP contribution in [0.15, 0.2) is 0 Å². The number of quaternary nitrogens is 3. The Morgan fingerprint density at radius 3 is 1.67 bits per heavy atom. The summed E-state index contributed by atoms with van der Waals surface area (Å²) >= 11 is 4.15. The van der Waals surface area contributed by atoms with Gasteiger partial charge in [-0.15, -0.1) is 0 Å². The van der Waals surface area contributed by atoms with Gasteiger partial charge in [0, 0.05) is 50.8 Å². The molecular formula is C28H53F9N5O2S+3. The molecule has 0 aromatic carbocycles. The lowest BCUT2D eigenvalue weighted by atomic mass is 9.97. The molecule has 0 bridgehead atoms. The molecule has 0 rings (SSSR count). The van der Waals surface area contributed by atoms with Gasteiger partial charge in [0.15, 0.2) is 0 Å². The van der Waals surface area contributed by atoms with E-state index in [1.807, 2.05) is 0 Å². The number of carbonyl (C=O) groups is 2. The van der Waals surface area contributed by atoms with Gasteiger partial charge in [-0.25, -0.2) is 0 Å². The number of halogens is 9. The summed E-state index contributed by atoms with van der Waals surface area (Å²) in [6.45, 7) is 5.65. The van der Waals surface area contributed by atoms with E-state index in [4.69, 9.17) is 0 Å². The topological polar surface area (TPSA) is 119 Å². The van der Waals surface area contributed by atoms with Crippen molar-refractivity contribution in [2.24, 2.45) is 0 Å². The molecule has 7 nitrogen and oxygen atoms in total. The minimum absolute atomic E-state index is 0.0339. The highest BCUT2D eigenvalue weighted by Gasteiger charge is 2.81. The van der Waals surface area contributed by atoms with Crippen molar-refractivity contribution >= 4 is 24.4 Å². The number of nitrogens with two attached hydrogens (primary N) is 2. The van der Waals surface area contributed by atoms with Crippen molar-refractivity contribution in [2.45, 2.75) is 120 Å². The van der Waals surface area contributed by atoms with E-state index in [1.165, 1.54) is 6.42 Å². The van der Waals surface area contributed by atoms with E-state index in [2.05, 4.69) is 39.6 Å². The summed E-state index contributed by atoms with van der Waals surface area (Å²) < 4.78 is 116. The summed E-state index contributed by atoms with van der Waals surface area (Å²) in [5, 5.41) is 10.0. The summed E-state index contributed by atoms with van der Waals surface area (Å²) in [5.41, 5.74) is 3.82. The minimum Gasteiger partial charge on any atom is -0.357 e. The van der Waals surface area contributed by atoms with Crippen molar-refractivity contribution in [2.75, 3.05) is 45.0 Å². The van der Waals surface area contributed by atoms with Crippen LogP contribution in [0.4, 0.5) is 39.5 Å². The van der Waals surface area contributed by atoms with Crippen LogP contribution in [0.5, 0.6) is 0 Å². The van der Waals surface area contributed by atoms with Crippen molar-refractivity contribution in [1.29, 1.82) is 0 Å². The number of carbonyl (C=O) groups excluding carboxylic acids is 2. The zero-order valence-corrected chi connectivity index (χ0v) is 26.8. The van der Waals surface area contributed by atoms with Crippen molar-refractivity contribution < 1.29 is 65.5 Å². The van der Waals surface area contributed by atoms with Gasteiger partial charge in [-0.1, -0.05) is 38.5 Å². The number of hydrogen-bond donors (Lipinski definition) is 6. The molecule has 9 N–H and O–H groups in total. The summed E-state index contributed by atoms with van der Waals surface area (Å²) in [6, 6.07) is -0.753. The highest BCUT2D eigenvalue weighted by atomic mass is 32.1. The van der Waals surface area contributed by atoms with Crippen LogP contribution in [0.1, 0.15) is 89.9 Å². The Morgan fingerprint density at radius 1 is 0.667 bits per heavy atom. The molecule has 2 amide bonds. The van der Waals surface area contributed by atoms with Gasteiger partial charge in [-0.05, 0) is 12.8 Å². The van der Waals surface area contributed by atoms with E-state index < -0.39 is 42.8 Å². The summed E-state index contributed by atoms with van der Waals surface area (Å²) in [7, 11) is 0. The highest BCUT2D eigenvalue weighted by Crippen LogP contribution is 2.54. The third kappa shape index (κ3) is 17.3. The standard InChI is InChI=1S/C28H50F9N5O2S/c29-25(30,26(31,32)27(33,34)28(35,36)37)14-8-6-4-2-1-3-5-7-13-23(43)42-22(21-45)24(44)41-20-12-19-40-17-10-9-16-39-18-11-15-38/h22,39-40,45H,1-21,38H2,(H,41,44)(H,42,43)/p+3/t22-/m0/s1. The molecule has 1 atom stereocenters. The Hall–Kier alpha value is -1.46. The number of alkyl halides is 9. The third-order valence-corrected chi connectivity index (χ3v) is 7.66. The predicted octanol–water partition coefficient (Wildman–Crippen LogP) is 2.82. The molecule has 0 fully saturated rings. The molecule has 0 aliphatic rings. The van der Waals surface area contributed by atoms with E-state index in [9.17, 15) is 49.1 Å². The van der Waals surface area contributed by atoms with Gasteiger partial charge in [0.2, 0.25) is 11.8 Å². The normalized spacial score (nSPS) is 13.6. The third-order valence-electron chi connectivity index (χ3n) is 7.30. The Kier molecular flexibility index (Phi) is 22.2. The second kappa shape index (κ2) is 23.0. The van der Waals surface area contributed by atoms with Crippen molar-refractivity contribution in [3.05, 3.63) is 0 Å². The Morgan fingerprint density at radius 2 is 1.16 bits per heavy atom. The van der Waals surface area contributed by atoms with E-state index in [-0.39, 0.29) is 30.4 Å².